The SMILES string of the molecule is CN(C)C(=NCCN(C)C1CCCCC1)N(C)C.I. The van der Waals surface area contributed by atoms with E-state index in [2.05, 4.69) is 26.7 Å². The van der Waals surface area contributed by atoms with E-state index in [1.807, 2.05) is 28.2 Å². The summed E-state index contributed by atoms with van der Waals surface area (Å²) in [6.07, 6.45) is 6.97. The molecule has 0 heterocycles. The van der Waals surface area contributed by atoms with Gasteiger partial charge in [-0.05, 0) is 19.9 Å². The van der Waals surface area contributed by atoms with Crippen molar-refractivity contribution in [3.05, 3.63) is 0 Å². The third kappa shape index (κ3) is 6.79. The summed E-state index contributed by atoms with van der Waals surface area (Å²) in [7, 11) is 10.4. The van der Waals surface area contributed by atoms with Gasteiger partial charge in [0.2, 0.25) is 0 Å². The average molecular weight is 382 g/mol. The van der Waals surface area contributed by atoms with Gasteiger partial charge < -0.3 is 14.7 Å². The molecular formula is C14H31IN4. The number of guanidine groups is 1. The van der Waals surface area contributed by atoms with Crippen LogP contribution in [0, 0.1) is 0 Å². The number of likely N-dealkylation sites (N-methyl/N-ethyl adjacent to an activating group) is 1. The fourth-order valence-electron chi connectivity index (χ4n) is 2.69. The Morgan fingerprint density at radius 3 is 1.95 bits per heavy atom. The normalized spacial score (nSPS) is 15.9. The van der Waals surface area contributed by atoms with E-state index in [-0.39, 0.29) is 24.0 Å². The van der Waals surface area contributed by atoms with Crippen molar-refractivity contribution in [1.82, 2.24) is 14.7 Å². The Labute approximate surface area is 136 Å². The first kappa shape index (κ1) is 19.0. The molecule has 0 aromatic rings. The number of halogens is 1. The Balaban J connectivity index is 0.00000324. The minimum atomic E-state index is 0. The van der Waals surface area contributed by atoms with Crippen LogP contribution in [-0.2, 0) is 0 Å². The van der Waals surface area contributed by atoms with Gasteiger partial charge in [0.05, 0.1) is 6.54 Å². The average Bonchev–Trinajstić information content (AvgIpc) is 2.34. The zero-order chi connectivity index (χ0) is 13.5. The van der Waals surface area contributed by atoms with Crippen molar-refractivity contribution in [2.24, 2.45) is 4.99 Å². The maximum absolute atomic E-state index is 4.68. The van der Waals surface area contributed by atoms with Gasteiger partial charge in [0.15, 0.2) is 5.96 Å². The summed E-state index contributed by atoms with van der Waals surface area (Å²) in [5.74, 6) is 1.05. The van der Waals surface area contributed by atoms with Gasteiger partial charge in [-0.3, -0.25) is 4.99 Å². The van der Waals surface area contributed by atoms with Crippen LogP contribution >= 0.6 is 24.0 Å². The second-order valence-corrected chi connectivity index (χ2v) is 5.74. The van der Waals surface area contributed by atoms with E-state index >= 15 is 0 Å². The van der Waals surface area contributed by atoms with Crippen LogP contribution in [0.5, 0.6) is 0 Å². The molecule has 4 nitrogen and oxygen atoms in total. The maximum Gasteiger partial charge on any atom is 0.195 e. The molecule has 0 saturated heterocycles. The van der Waals surface area contributed by atoms with Crippen molar-refractivity contribution < 1.29 is 0 Å². The van der Waals surface area contributed by atoms with Crippen LogP contribution in [0.1, 0.15) is 32.1 Å². The molecule has 1 rings (SSSR count). The van der Waals surface area contributed by atoms with E-state index in [1.165, 1.54) is 32.1 Å². The van der Waals surface area contributed by atoms with Crippen molar-refractivity contribution >= 4 is 29.9 Å². The van der Waals surface area contributed by atoms with E-state index in [0.717, 1.165) is 25.1 Å². The molecular weight excluding hydrogens is 351 g/mol. The minimum Gasteiger partial charge on any atom is -0.349 e. The highest BCUT2D eigenvalue weighted by Gasteiger charge is 2.17. The van der Waals surface area contributed by atoms with Crippen LogP contribution in [0.4, 0.5) is 0 Å². The summed E-state index contributed by atoms with van der Waals surface area (Å²) in [4.78, 5) is 11.3. The Kier molecular flexibility index (Phi) is 9.78. The van der Waals surface area contributed by atoms with Gasteiger partial charge in [-0.1, -0.05) is 19.3 Å². The molecule has 0 atom stereocenters. The molecule has 0 aliphatic heterocycles. The Bertz CT molecular complexity index is 250. The summed E-state index contributed by atoms with van der Waals surface area (Å²) in [5.41, 5.74) is 0. The van der Waals surface area contributed by atoms with Gasteiger partial charge in [0.1, 0.15) is 0 Å². The summed E-state index contributed by atoms with van der Waals surface area (Å²) in [6.45, 7) is 1.95. The fraction of sp³-hybridized carbons (Fsp3) is 0.929. The second kappa shape index (κ2) is 9.80. The molecule has 1 aliphatic carbocycles. The Hall–Kier alpha value is -0.0400. The zero-order valence-corrected chi connectivity index (χ0v) is 15.6. The predicted molar refractivity (Wildman–Crippen MR) is 94.6 cm³/mol. The molecule has 19 heavy (non-hydrogen) atoms. The summed E-state index contributed by atoms with van der Waals surface area (Å²) in [5, 5.41) is 0. The lowest BCUT2D eigenvalue weighted by molar-refractivity contribution is 0.196. The molecule has 1 saturated carbocycles. The van der Waals surface area contributed by atoms with Gasteiger partial charge in [0, 0.05) is 40.8 Å². The largest absolute Gasteiger partial charge is 0.349 e. The third-order valence-corrected chi connectivity index (χ3v) is 3.70. The van der Waals surface area contributed by atoms with Crippen molar-refractivity contribution in [2.45, 2.75) is 38.1 Å². The van der Waals surface area contributed by atoms with E-state index in [0.29, 0.717) is 0 Å². The molecule has 0 N–H and O–H groups in total. The molecule has 5 heteroatoms. The molecule has 0 aromatic heterocycles. The number of aliphatic imine (C=N–C) groups is 1. The molecule has 0 radical (unpaired) electrons. The van der Waals surface area contributed by atoms with E-state index in [1.54, 1.807) is 0 Å². The highest BCUT2D eigenvalue weighted by Crippen LogP contribution is 2.21. The van der Waals surface area contributed by atoms with Gasteiger partial charge in [-0.25, -0.2) is 0 Å². The van der Waals surface area contributed by atoms with Crippen molar-refractivity contribution in [2.75, 3.05) is 48.3 Å². The van der Waals surface area contributed by atoms with Crippen LogP contribution in [0.15, 0.2) is 4.99 Å². The van der Waals surface area contributed by atoms with Crippen molar-refractivity contribution in [1.29, 1.82) is 0 Å². The molecule has 0 aromatic carbocycles. The number of rotatable bonds is 4. The monoisotopic (exact) mass is 382 g/mol. The first-order valence-electron chi connectivity index (χ1n) is 7.11. The van der Waals surface area contributed by atoms with Crippen LogP contribution in [0.25, 0.3) is 0 Å². The van der Waals surface area contributed by atoms with Crippen LogP contribution in [-0.4, -0.2) is 75.0 Å². The van der Waals surface area contributed by atoms with Gasteiger partial charge in [0.25, 0.3) is 0 Å². The van der Waals surface area contributed by atoms with E-state index in [4.69, 9.17) is 0 Å². The number of hydrogen-bond donors (Lipinski definition) is 0. The van der Waals surface area contributed by atoms with Crippen LogP contribution in [0.3, 0.4) is 0 Å². The summed E-state index contributed by atoms with van der Waals surface area (Å²) in [6, 6.07) is 0.788. The van der Waals surface area contributed by atoms with E-state index in [9.17, 15) is 0 Å². The molecule has 1 aliphatic rings. The smallest absolute Gasteiger partial charge is 0.195 e. The summed E-state index contributed by atoms with van der Waals surface area (Å²) >= 11 is 0. The highest BCUT2D eigenvalue weighted by atomic mass is 127. The van der Waals surface area contributed by atoms with Crippen LogP contribution < -0.4 is 0 Å². The van der Waals surface area contributed by atoms with Crippen molar-refractivity contribution in [3.8, 4) is 0 Å². The Morgan fingerprint density at radius 2 is 1.47 bits per heavy atom. The predicted octanol–water partition coefficient (Wildman–Crippen LogP) is 2.35. The summed E-state index contributed by atoms with van der Waals surface area (Å²) < 4.78 is 0. The third-order valence-electron chi connectivity index (χ3n) is 3.70. The quantitative estimate of drug-likeness (QED) is 0.423. The van der Waals surface area contributed by atoms with Gasteiger partial charge in [-0.2, -0.15) is 0 Å². The molecule has 0 spiro atoms. The number of hydrogen-bond acceptors (Lipinski definition) is 2. The van der Waals surface area contributed by atoms with E-state index < -0.39 is 0 Å². The zero-order valence-electron chi connectivity index (χ0n) is 13.2. The first-order valence-corrected chi connectivity index (χ1v) is 7.11. The fourth-order valence-corrected chi connectivity index (χ4v) is 2.69. The number of nitrogens with zero attached hydrogens (tertiary/aromatic N) is 4. The lowest BCUT2D eigenvalue weighted by Crippen LogP contribution is -2.38. The first-order chi connectivity index (χ1) is 8.52. The van der Waals surface area contributed by atoms with Crippen molar-refractivity contribution in [3.63, 3.8) is 0 Å². The second-order valence-electron chi connectivity index (χ2n) is 5.74. The van der Waals surface area contributed by atoms with Crippen LogP contribution in [0.2, 0.25) is 0 Å². The molecule has 0 unspecified atom stereocenters. The molecule has 0 bridgehead atoms. The molecule has 114 valence electrons. The standard InChI is InChI=1S/C14H30N4.HI/c1-16(2)14(17(3)4)15-11-12-18(5)13-9-7-6-8-10-13;/h13H,6-12H2,1-5H3;1H. The maximum atomic E-state index is 4.68. The lowest BCUT2D eigenvalue weighted by Gasteiger charge is -2.31. The van der Waals surface area contributed by atoms with Gasteiger partial charge in [-0.15, -0.1) is 24.0 Å². The lowest BCUT2D eigenvalue weighted by atomic mass is 9.94. The topological polar surface area (TPSA) is 22.1 Å². The highest BCUT2D eigenvalue weighted by molar-refractivity contribution is 14.0. The molecule has 0 amide bonds. The molecule has 1 fully saturated rings. The Morgan fingerprint density at radius 1 is 0.947 bits per heavy atom. The minimum absolute atomic E-state index is 0. The van der Waals surface area contributed by atoms with Gasteiger partial charge >= 0.3 is 0 Å².